The molecule has 0 unspecified atom stereocenters. The third-order valence-corrected chi connectivity index (χ3v) is 3.16. The molecular formula is C8H4F13Na2O4P. The van der Waals surface area contributed by atoms with Gasteiger partial charge in [-0.15, -0.1) is 0 Å². The molecule has 0 aliphatic rings. The standard InChI is InChI=1S/C8H6F13O4P.2Na/c9-3(10,1-2-25-26(22,23)24)4(11,12)5(13,14)6(15,16)7(17,18)8(19,20)21;;/h1-2H2,(H2,22,23,24);;/q;2*+1/p-2/i1+1,2+1;;. The van der Waals surface area contributed by atoms with Crippen LogP contribution in [0.15, 0.2) is 0 Å². The fourth-order valence-corrected chi connectivity index (χ4v) is 1.56. The molecule has 0 saturated heterocycles. The van der Waals surface area contributed by atoms with Crippen molar-refractivity contribution in [1.82, 2.24) is 0 Å². The molecule has 158 valence electrons. The molecule has 0 N–H and O–H groups in total. The molecule has 0 aromatic carbocycles. The van der Waals surface area contributed by atoms with Crippen molar-refractivity contribution in [2.75, 3.05) is 6.61 Å². The number of halogens is 13. The fourth-order valence-electron chi connectivity index (χ4n) is 1.24. The molecule has 0 radical (unpaired) electrons. The summed E-state index contributed by atoms with van der Waals surface area (Å²) >= 11 is 0. The van der Waals surface area contributed by atoms with Gasteiger partial charge in [0.25, 0.3) is 0 Å². The fraction of sp³-hybridized carbons (Fsp3) is 1.00. The van der Waals surface area contributed by atoms with Crippen LogP contribution in [0.4, 0.5) is 57.1 Å². The predicted octanol–water partition coefficient (Wildman–Crippen LogP) is -3.03. The molecule has 4 nitrogen and oxygen atoms in total. The van der Waals surface area contributed by atoms with Crippen molar-refractivity contribution in [2.24, 2.45) is 0 Å². The second-order valence-electron chi connectivity index (χ2n) is 4.53. The number of phosphoric acid groups is 1. The molecule has 20 heteroatoms. The van der Waals surface area contributed by atoms with Crippen molar-refractivity contribution >= 4 is 7.82 Å². The smallest absolute Gasteiger partial charge is 0.790 e. The van der Waals surface area contributed by atoms with E-state index in [-0.39, 0.29) is 59.1 Å². The zero-order valence-electron chi connectivity index (χ0n) is 13.4. The van der Waals surface area contributed by atoms with Crippen LogP contribution in [0.3, 0.4) is 0 Å². The van der Waals surface area contributed by atoms with E-state index in [0.717, 1.165) is 0 Å². The molecule has 0 aromatic rings. The second-order valence-corrected chi connectivity index (χ2v) is 5.68. The van der Waals surface area contributed by atoms with Crippen LogP contribution in [0.25, 0.3) is 0 Å². The molecule has 0 bridgehead atoms. The Hall–Kier alpha value is 1.20. The third-order valence-electron chi connectivity index (χ3n) is 2.66. The summed E-state index contributed by atoms with van der Waals surface area (Å²) in [5.41, 5.74) is 0. The molecule has 0 aromatic heterocycles. The molecular weight excluding hydrogens is 486 g/mol. The Morgan fingerprint density at radius 2 is 0.964 bits per heavy atom. The van der Waals surface area contributed by atoms with E-state index in [2.05, 4.69) is 4.52 Å². The second kappa shape index (κ2) is 9.77. The largest absolute Gasteiger partial charge is 1.00 e. The number of phosphoric ester groups is 1. The molecule has 0 atom stereocenters. The Morgan fingerprint density at radius 1 is 0.643 bits per heavy atom. The molecule has 0 saturated carbocycles. The van der Waals surface area contributed by atoms with Gasteiger partial charge in [-0.1, -0.05) is 0 Å². The van der Waals surface area contributed by atoms with Gasteiger partial charge in [-0.2, -0.15) is 57.1 Å². The van der Waals surface area contributed by atoms with Gasteiger partial charge in [0.1, 0.15) is 0 Å². The van der Waals surface area contributed by atoms with E-state index in [4.69, 9.17) is 0 Å². The van der Waals surface area contributed by atoms with Crippen LogP contribution in [0.5, 0.6) is 0 Å². The summed E-state index contributed by atoms with van der Waals surface area (Å²) in [5, 5.41) is 0. The summed E-state index contributed by atoms with van der Waals surface area (Å²) in [6.07, 6.45) is -10.4. The Balaban J connectivity index is -0.00000312. The van der Waals surface area contributed by atoms with Crippen LogP contribution in [-0.4, -0.2) is 42.4 Å². The normalized spacial score (nSPS) is 15.0. The van der Waals surface area contributed by atoms with Crippen molar-refractivity contribution < 1.29 is 135 Å². The summed E-state index contributed by atoms with van der Waals surface area (Å²) in [6.45, 7) is -2.29. The first-order valence-electron chi connectivity index (χ1n) is 5.58. The van der Waals surface area contributed by atoms with Gasteiger partial charge in [0.15, 0.2) is 0 Å². The van der Waals surface area contributed by atoms with Gasteiger partial charge in [-0.05, 0) is 0 Å². The first kappa shape index (κ1) is 33.8. The van der Waals surface area contributed by atoms with Crippen molar-refractivity contribution in [3.8, 4) is 0 Å². The molecule has 0 fully saturated rings. The van der Waals surface area contributed by atoms with Gasteiger partial charge >= 0.3 is 94.9 Å². The monoisotopic (exact) mass is 490 g/mol. The van der Waals surface area contributed by atoms with Gasteiger partial charge in [-0.25, -0.2) is 0 Å². The third kappa shape index (κ3) is 6.36. The maximum absolute atomic E-state index is 13.1. The van der Waals surface area contributed by atoms with E-state index in [9.17, 15) is 71.4 Å². The zero-order chi connectivity index (χ0) is 21.6. The van der Waals surface area contributed by atoms with Crippen LogP contribution in [0.1, 0.15) is 6.42 Å². The van der Waals surface area contributed by atoms with Gasteiger partial charge in [0, 0.05) is 6.42 Å². The maximum atomic E-state index is 13.1. The van der Waals surface area contributed by atoms with E-state index in [1.54, 1.807) is 0 Å². The first-order valence-corrected chi connectivity index (χ1v) is 7.04. The molecule has 28 heavy (non-hydrogen) atoms. The predicted molar refractivity (Wildman–Crippen MR) is 49.0 cm³/mol. The van der Waals surface area contributed by atoms with Gasteiger partial charge < -0.3 is 18.9 Å². The number of hydrogen-bond acceptors (Lipinski definition) is 4. The average Bonchev–Trinajstić information content (AvgIpc) is 2.34. The van der Waals surface area contributed by atoms with Gasteiger partial charge in [-0.3, -0.25) is 0 Å². The quantitative estimate of drug-likeness (QED) is 0.157. The Morgan fingerprint density at radius 3 is 1.25 bits per heavy atom. The summed E-state index contributed by atoms with van der Waals surface area (Å²) < 4.78 is 177. The SMILES string of the molecule is O=P([O-])([O-])O[13CH2][13CH2]C(F)(F)C(F)(F)C(F)(F)C(F)(F)C(F)(F)C(F)(F)F.[Na+].[Na+]. The van der Waals surface area contributed by atoms with E-state index < -0.39 is 56.6 Å². The minimum atomic E-state index is -8.04. The summed E-state index contributed by atoms with van der Waals surface area (Å²) in [7, 11) is -6.11. The zero-order valence-corrected chi connectivity index (χ0v) is 18.3. The molecule has 0 spiro atoms. The van der Waals surface area contributed by atoms with Crippen LogP contribution in [0.2, 0.25) is 0 Å². The van der Waals surface area contributed by atoms with E-state index >= 15 is 0 Å². The van der Waals surface area contributed by atoms with Crippen LogP contribution in [0, 0.1) is 0 Å². The van der Waals surface area contributed by atoms with Crippen LogP contribution >= 0.6 is 7.82 Å². The number of alkyl halides is 13. The molecule has 0 aliphatic carbocycles. The molecule has 0 aliphatic heterocycles. The molecule has 0 rings (SSSR count). The minimum absolute atomic E-state index is 0. The summed E-state index contributed by atoms with van der Waals surface area (Å²) in [5.74, 6) is -37.9. The van der Waals surface area contributed by atoms with Gasteiger partial charge in [0.2, 0.25) is 0 Å². The van der Waals surface area contributed by atoms with E-state index in [0.29, 0.717) is 0 Å². The van der Waals surface area contributed by atoms with Crippen molar-refractivity contribution in [3.05, 3.63) is 0 Å². The summed E-state index contributed by atoms with van der Waals surface area (Å²) in [4.78, 5) is 19.8. The first-order chi connectivity index (χ1) is 11.0. The average molecular weight is 490 g/mol. The van der Waals surface area contributed by atoms with Crippen LogP contribution < -0.4 is 68.9 Å². The van der Waals surface area contributed by atoms with Gasteiger partial charge in [0.05, 0.1) is 14.4 Å². The Bertz CT molecular complexity index is 561. The minimum Gasteiger partial charge on any atom is -0.790 e. The Kier molecular flexibility index (Phi) is 11.8. The summed E-state index contributed by atoms with van der Waals surface area (Å²) in [6, 6.07) is 0. The number of rotatable bonds is 8. The maximum Gasteiger partial charge on any atom is 1.00 e. The molecule has 0 heterocycles. The van der Waals surface area contributed by atoms with Crippen molar-refractivity contribution in [2.45, 2.75) is 42.2 Å². The van der Waals surface area contributed by atoms with Crippen molar-refractivity contribution in [3.63, 3.8) is 0 Å². The van der Waals surface area contributed by atoms with Crippen LogP contribution in [-0.2, 0) is 9.09 Å². The van der Waals surface area contributed by atoms with E-state index in [1.165, 1.54) is 0 Å². The Labute approximate surface area is 191 Å². The van der Waals surface area contributed by atoms with E-state index in [1.807, 2.05) is 0 Å². The van der Waals surface area contributed by atoms with Crippen molar-refractivity contribution in [1.29, 1.82) is 0 Å². The topological polar surface area (TPSA) is 72.4 Å². The number of hydrogen-bond donors (Lipinski definition) is 0. The molecule has 0 amide bonds.